The maximum absolute atomic E-state index is 12.5. The van der Waals surface area contributed by atoms with Crippen LogP contribution in [-0.4, -0.2) is 39.4 Å². The molecule has 0 aromatic rings. The second kappa shape index (κ2) is 5.03. The lowest BCUT2D eigenvalue weighted by molar-refractivity contribution is -0.178. The van der Waals surface area contributed by atoms with E-state index in [0.29, 0.717) is 24.2 Å². The van der Waals surface area contributed by atoms with Gasteiger partial charge in [0.25, 0.3) is 0 Å². The maximum atomic E-state index is 12.5. The summed E-state index contributed by atoms with van der Waals surface area (Å²) in [6.07, 6.45) is 4.30. The molecule has 4 aliphatic rings. The fourth-order valence-corrected chi connectivity index (χ4v) is 7.04. The minimum absolute atomic E-state index is 0.0484. The van der Waals surface area contributed by atoms with E-state index in [1.807, 2.05) is 6.92 Å². The number of Topliss-reactive ketones (excluding diaryl/α,β-unsaturated/α-hetero) is 1. The molecule has 0 bridgehead atoms. The first kappa shape index (κ1) is 16.0. The molecule has 0 radical (unpaired) electrons. The van der Waals surface area contributed by atoms with Crippen molar-refractivity contribution in [1.29, 1.82) is 0 Å². The van der Waals surface area contributed by atoms with Crippen LogP contribution in [-0.2, 0) is 4.79 Å². The standard InChI is InChI=1S/C19H30O4/c1-18-6-5-11(20)7-10(18)3-4-12-13(18)8-15(22)19(2)16(23)9-14(21)17(12)19/h10-15,17,20-22H,3-9H2,1-2H3/t10-,11-,12+,13-,14-,15+,17+,18-,19+/m0/s1. The van der Waals surface area contributed by atoms with E-state index in [2.05, 4.69) is 6.92 Å². The SMILES string of the molecule is C[C@]12CC[C@H](O)C[C@@H]1CC[C@H]1[C@@H]3[C@@H](O)CC(=O)[C@@]3(C)[C@H](O)C[C@@H]12. The van der Waals surface area contributed by atoms with Crippen molar-refractivity contribution in [2.45, 2.75) is 77.1 Å². The molecule has 0 saturated heterocycles. The third kappa shape index (κ3) is 1.98. The van der Waals surface area contributed by atoms with Crippen LogP contribution in [0.4, 0.5) is 0 Å². The third-order valence-corrected chi connectivity index (χ3v) is 8.45. The summed E-state index contributed by atoms with van der Waals surface area (Å²) in [4.78, 5) is 12.5. The van der Waals surface area contributed by atoms with Gasteiger partial charge in [-0.2, -0.15) is 0 Å². The molecule has 0 heterocycles. The number of fused-ring (bicyclic) bond motifs is 5. The number of hydrogen-bond donors (Lipinski definition) is 3. The second-order valence-electron chi connectivity index (χ2n) is 9.23. The summed E-state index contributed by atoms with van der Waals surface area (Å²) in [5.74, 6) is 1.17. The minimum Gasteiger partial charge on any atom is -0.393 e. The molecule has 0 aromatic heterocycles. The van der Waals surface area contributed by atoms with Crippen molar-refractivity contribution in [2.75, 3.05) is 0 Å². The van der Waals surface area contributed by atoms with Gasteiger partial charge in [-0.3, -0.25) is 4.79 Å². The zero-order valence-corrected chi connectivity index (χ0v) is 14.2. The zero-order chi connectivity index (χ0) is 16.6. The lowest BCUT2D eigenvalue weighted by atomic mass is 9.44. The highest BCUT2D eigenvalue weighted by Crippen LogP contribution is 2.65. The molecule has 130 valence electrons. The van der Waals surface area contributed by atoms with E-state index in [1.54, 1.807) is 0 Å². The van der Waals surface area contributed by atoms with Gasteiger partial charge in [0.15, 0.2) is 0 Å². The first-order valence-electron chi connectivity index (χ1n) is 9.36. The summed E-state index contributed by atoms with van der Waals surface area (Å²) in [6, 6.07) is 0. The van der Waals surface area contributed by atoms with Crippen LogP contribution in [0.2, 0.25) is 0 Å². The van der Waals surface area contributed by atoms with Crippen LogP contribution in [0.15, 0.2) is 0 Å². The molecule has 0 amide bonds. The molecule has 0 aromatic carbocycles. The molecule has 23 heavy (non-hydrogen) atoms. The van der Waals surface area contributed by atoms with Gasteiger partial charge in [-0.05, 0) is 68.6 Å². The molecule has 4 rings (SSSR count). The van der Waals surface area contributed by atoms with Gasteiger partial charge >= 0.3 is 0 Å². The monoisotopic (exact) mass is 322 g/mol. The number of rotatable bonds is 0. The molecular formula is C19H30O4. The Morgan fingerprint density at radius 1 is 1.04 bits per heavy atom. The summed E-state index contributed by atoms with van der Waals surface area (Å²) in [5, 5.41) is 31.5. The van der Waals surface area contributed by atoms with Crippen LogP contribution in [0.3, 0.4) is 0 Å². The first-order valence-corrected chi connectivity index (χ1v) is 9.36. The molecule has 4 nitrogen and oxygen atoms in total. The zero-order valence-electron chi connectivity index (χ0n) is 14.2. The second-order valence-corrected chi connectivity index (χ2v) is 9.23. The lowest BCUT2D eigenvalue weighted by Gasteiger charge is -2.61. The van der Waals surface area contributed by atoms with Crippen LogP contribution in [0.25, 0.3) is 0 Å². The quantitative estimate of drug-likeness (QED) is 0.636. The normalized spacial score (nSPS) is 59.2. The van der Waals surface area contributed by atoms with Crippen molar-refractivity contribution in [1.82, 2.24) is 0 Å². The Kier molecular flexibility index (Phi) is 3.51. The topological polar surface area (TPSA) is 77.8 Å². The highest BCUT2D eigenvalue weighted by molar-refractivity contribution is 5.88. The molecule has 4 saturated carbocycles. The van der Waals surface area contributed by atoms with Gasteiger partial charge in [-0.25, -0.2) is 0 Å². The molecular weight excluding hydrogens is 292 g/mol. The molecule has 4 fully saturated rings. The number of hydrogen-bond acceptors (Lipinski definition) is 4. The van der Waals surface area contributed by atoms with Crippen LogP contribution in [0.5, 0.6) is 0 Å². The van der Waals surface area contributed by atoms with Crippen molar-refractivity contribution < 1.29 is 20.1 Å². The summed E-state index contributed by atoms with van der Waals surface area (Å²) < 4.78 is 0. The lowest BCUT2D eigenvalue weighted by Crippen LogP contribution is -2.59. The van der Waals surface area contributed by atoms with Gasteiger partial charge in [0.1, 0.15) is 5.78 Å². The fraction of sp³-hybridized carbons (Fsp3) is 0.947. The maximum Gasteiger partial charge on any atom is 0.144 e. The van der Waals surface area contributed by atoms with Crippen LogP contribution in [0.1, 0.15) is 58.8 Å². The first-order chi connectivity index (χ1) is 10.8. The minimum atomic E-state index is -0.752. The number of ketones is 1. The number of aliphatic hydroxyl groups excluding tert-OH is 3. The van der Waals surface area contributed by atoms with Gasteiger partial charge < -0.3 is 15.3 Å². The van der Waals surface area contributed by atoms with Gasteiger partial charge in [0.2, 0.25) is 0 Å². The van der Waals surface area contributed by atoms with E-state index in [0.717, 1.165) is 32.1 Å². The predicted molar refractivity (Wildman–Crippen MR) is 85.5 cm³/mol. The van der Waals surface area contributed by atoms with Crippen molar-refractivity contribution in [3.8, 4) is 0 Å². The van der Waals surface area contributed by atoms with Crippen LogP contribution in [0, 0.1) is 34.5 Å². The molecule has 4 heteroatoms. The van der Waals surface area contributed by atoms with E-state index < -0.39 is 17.6 Å². The summed E-state index contributed by atoms with van der Waals surface area (Å²) in [5.41, 5.74) is -0.617. The molecule has 0 spiro atoms. The van der Waals surface area contributed by atoms with E-state index in [9.17, 15) is 20.1 Å². The summed E-state index contributed by atoms with van der Waals surface area (Å²) >= 11 is 0. The van der Waals surface area contributed by atoms with E-state index >= 15 is 0 Å². The number of aliphatic hydroxyl groups is 3. The molecule has 4 aliphatic carbocycles. The molecule has 3 N–H and O–H groups in total. The highest BCUT2D eigenvalue weighted by Gasteiger charge is 2.65. The fourth-order valence-electron chi connectivity index (χ4n) is 7.04. The summed E-state index contributed by atoms with van der Waals surface area (Å²) in [6.45, 7) is 4.22. The van der Waals surface area contributed by atoms with Crippen LogP contribution < -0.4 is 0 Å². The van der Waals surface area contributed by atoms with E-state index in [4.69, 9.17) is 0 Å². The summed E-state index contributed by atoms with van der Waals surface area (Å²) in [7, 11) is 0. The average molecular weight is 322 g/mol. The smallest absolute Gasteiger partial charge is 0.144 e. The van der Waals surface area contributed by atoms with Crippen molar-refractivity contribution in [2.24, 2.45) is 34.5 Å². The molecule has 9 atom stereocenters. The largest absolute Gasteiger partial charge is 0.393 e. The molecule has 0 unspecified atom stereocenters. The Bertz CT molecular complexity index is 519. The number of carbonyl (C=O) groups excluding carboxylic acids is 1. The average Bonchev–Trinajstić information content (AvgIpc) is 2.73. The Labute approximate surface area is 138 Å². The van der Waals surface area contributed by atoms with Crippen LogP contribution >= 0.6 is 0 Å². The number of carbonyl (C=O) groups is 1. The van der Waals surface area contributed by atoms with Crippen molar-refractivity contribution in [3.05, 3.63) is 0 Å². The van der Waals surface area contributed by atoms with E-state index in [-0.39, 0.29) is 29.6 Å². The Morgan fingerprint density at radius 2 is 1.78 bits per heavy atom. The van der Waals surface area contributed by atoms with Gasteiger partial charge in [0, 0.05) is 12.3 Å². The van der Waals surface area contributed by atoms with Gasteiger partial charge in [-0.15, -0.1) is 0 Å². The van der Waals surface area contributed by atoms with Crippen molar-refractivity contribution in [3.63, 3.8) is 0 Å². The van der Waals surface area contributed by atoms with Gasteiger partial charge in [0.05, 0.1) is 23.7 Å². The Hall–Kier alpha value is -0.450. The Balaban J connectivity index is 1.71. The van der Waals surface area contributed by atoms with E-state index in [1.165, 1.54) is 0 Å². The van der Waals surface area contributed by atoms with Crippen molar-refractivity contribution >= 4 is 5.78 Å². The predicted octanol–water partition coefficient (Wildman–Crippen LogP) is 1.90. The molecule has 0 aliphatic heterocycles. The highest BCUT2D eigenvalue weighted by atomic mass is 16.3. The van der Waals surface area contributed by atoms with Gasteiger partial charge in [-0.1, -0.05) is 6.92 Å². The third-order valence-electron chi connectivity index (χ3n) is 8.45. The Morgan fingerprint density at radius 3 is 2.52 bits per heavy atom.